The van der Waals surface area contributed by atoms with Crippen LogP contribution in [-0.2, 0) is 23.0 Å². The highest BCUT2D eigenvalue weighted by Gasteiger charge is 2.28. The summed E-state index contributed by atoms with van der Waals surface area (Å²) in [7, 11) is -3.43. The maximum Gasteiger partial charge on any atom is 0.254 e. The molecule has 0 saturated carbocycles. The van der Waals surface area contributed by atoms with Crippen LogP contribution in [0.5, 0.6) is 0 Å². The first kappa shape index (κ1) is 16.8. The average molecular weight is 377 g/mol. The van der Waals surface area contributed by atoms with Gasteiger partial charge in [-0.1, -0.05) is 0 Å². The smallest absolute Gasteiger partial charge is 0.254 e. The second-order valence-electron chi connectivity index (χ2n) is 6.48. The van der Waals surface area contributed by atoms with E-state index in [-0.39, 0.29) is 10.8 Å². The Morgan fingerprint density at radius 3 is 2.44 bits per heavy atom. The molecule has 0 aliphatic carbocycles. The van der Waals surface area contributed by atoms with Gasteiger partial charge in [0.15, 0.2) is 0 Å². The van der Waals surface area contributed by atoms with Gasteiger partial charge in [-0.05, 0) is 60.5 Å². The first-order chi connectivity index (χ1) is 12.1. The molecular weight excluding hydrogens is 356 g/mol. The maximum absolute atomic E-state index is 12.7. The Kier molecular flexibility index (Phi) is 4.39. The number of amides is 1. The Hall–Kier alpha value is -1.70. The third-order valence-corrected chi connectivity index (χ3v) is 7.83. The molecule has 1 fully saturated rings. The van der Waals surface area contributed by atoms with Crippen LogP contribution in [0.2, 0.25) is 0 Å². The molecule has 1 aromatic heterocycles. The number of thiophene rings is 1. The van der Waals surface area contributed by atoms with Gasteiger partial charge in [-0.15, -0.1) is 11.3 Å². The molecule has 0 unspecified atom stereocenters. The van der Waals surface area contributed by atoms with E-state index in [1.54, 1.807) is 35.6 Å². The minimum Gasteiger partial charge on any atom is -0.334 e. The topological polar surface area (TPSA) is 57.7 Å². The van der Waals surface area contributed by atoms with Crippen LogP contribution in [0.4, 0.5) is 0 Å². The van der Waals surface area contributed by atoms with Crippen molar-refractivity contribution in [3.05, 3.63) is 51.7 Å². The molecule has 0 atom stereocenters. The number of hydrogen-bond acceptors (Lipinski definition) is 4. The molecule has 0 spiro atoms. The molecule has 4 rings (SSSR count). The van der Waals surface area contributed by atoms with Crippen molar-refractivity contribution in [2.24, 2.45) is 0 Å². The van der Waals surface area contributed by atoms with E-state index in [4.69, 9.17) is 0 Å². The Bertz CT molecular complexity index is 881. The van der Waals surface area contributed by atoms with E-state index in [0.29, 0.717) is 31.7 Å². The second kappa shape index (κ2) is 6.55. The van der Waals surface area contributed by atoms with Crippen molar-refractivity contribution in [2.45, 2.75) is 30.7 Å². The van der Waals surface area contributed by atoms with Gasteiger partial charge in [0.05, 0.1) is 4.90 Å². The molecule has 0 bridgehead atoms. The lowest BCUT2D eigenvalue weighted by atomic mass is 10.1. The van der Waals surface area contributed by atoms with Gasteiger partial charge in [0, 0.05) is 36.6 Å². The summed E-state index contributed by atoms with van der Waals surface area (Å²) in [6.45, 7) is 2.51. The minimum absolute atomic E-state index is 0.0398. The van der Waals surface area contributed by atoms with E-state index in [9.17, 15) is 13.2 Å². The van der Waals surface area contributed by atoms with Crippen LogP contribution in [0.25, 0.3) is 0 Å². The summed E-state index contributed by atoms with van der Waals surface area (Å²) in [5.74, 6) is -0.0398. The van der Waals surface area contributed by atoms with E-state index < -0.39 is 10.0 Å². The first-order valence-corrected chi connectivity index (χ1v) is 10.8. The highest BCUT2D eigenvalue weighted by Crippen LogP contribution is 2.26. The second-order valence-corrected chi connectivity index (χ2v) is 9.42. The van der Waals surface area contributed by atoms with Crippen molar-refractivity contribution in [1.82, 2.24) is 9.21 Å². The van der Waals surface area contributed by atoms with Gasteiger partial charge >= 0.3 is 0 Å². The number of benzene rings is 1. The van der Waals surface area contributed by atoms with E-state index in [1.165, 1.54) is 14.7 Å². The van der Waals surface area contributed by atoms with Crippen molar-refractivity contribution in [3.8, 4) is 0 Å². The third-order valence-electron chi connectivity index (χ3n) is 4.90. The Morgan fingerprint density at radius 2 is 1.72 bits per heavy atom. The number of carbonyl (C=O) groups is 1. The Balaban J connectivity index is 1.51. The fourth-order valence-corrected chi connectivity index (χ4v) is 5.86. The molecule has 3 heterocycles. The normalized spacial score (nSPS) is 18.3. The summed E-state index contributed by atoms with van der Waals surface area (Å²) in [5, 5.41) is 2.07. The summed E-state index contributed by atoms with van der Waals surface area (Å²) >= 11 is 1.74. The van der Waals surface area contributed by atoms with Gasteiger partial charge in [-0.3, -0.25) is 4.79 Å². The lowest BCUT2D eigenvalue weighted by molar-refractivity contribution is 0.0736. The van der Waals surface area contributed by atoms with Crippen molar-refractivity contribution < 1.29 is 13.2 Å². The number of hydrogen-bond donors (Lipinski definition) is 0. The summed E-state index contributed by atoms with van der Waals surface area (Å²) in [6, 6.07) is 8.45. The molecule has 25 heavy (non-hydrogen) atoms. The molecule has 2 aliphatic rings. The van der Waals surface area contributed by atoms with Crippen LogP contribution < -0.4 is 0 Å². The highest BCUT2D eigenvalue weighted by atomic mass is 32.2. The van der Waals surface area contributed by atoms with Crippen LogP contribution in [-0.4, -0.2) is 43.2 Å². The van der Waals surface area contributed by atoms with Crippen LogP contribution in [0.15, 0.2) is 40.6 Å². The lowest BCUT2D eigenvalue weighted by Gasteiger charge is -2.27. The van der Waals surface area contributed by atoms with E-state index in [1.807, 2.05) is 4.90 Å². The van der Waals surface area contributed by atoms with E-state index >= 15 is 0 Å². The quantitative estimate of drug-likeness (QED) is 0.828. The van der Waals surface area contributed by atoms with Crippen LogP contribution in [0.3, 0.4) is 0 Å². The minimum atomic E-state index is -3.43. The first-order valence-electron chi connectivity index (χ1n) is 8.50. The zero-order chi connectivity index (χ0) is 17.4. The van der Waals surface area contributed by atoms with Gasteiger partial charge < -0.3 is 4.90 Å². The predicted octanol–water partition coefficient (Wildman–Crippen LogP) is 2.73. The van der Waals surface area contributed by atoms with Crippen LogP contribution in [0.1, 0.15) is 33.6 Å². The molecule has 132 valence electrons. The maximum atomic E-state index is 12.7. The van der Waals surface area contributed by atoms with Crippen LogP contribution in [0, 0.1) is 0 Å². The van der Waals surface area contributed by atoms with Crippen LogP contribution >= 0.6 is 11.3 Å². The zero-order valence-corrected chi connectivity index (χ0v) is 15.5. The number of carbonyl (C=O) groups excluding carboxylic acids is 1. The summed E-state index contributed by atoms with van der Waals surface area (Å²) in [5.41, 5.74) is 1.76. The average Bonchev–Trinajstić information content (AvgIpc) is 3.32. The van der Waals surface area contributed by atoms with Crippen molar-refractivity contribution >= 4 is 27.3 Å². The van der Waals surface area contributed by atoms with Gasteiger partial charge in [0.1, 0.15) is 0 Å². The molecule has 0 radical (unpaired) electrons. The monoisotopic (exact) mass is 376 g/mol. The highest BCUT2D eigenvalue weighted by molar-refractivity contribution is 7.89. The Morgan fingerprint density at radius 1 is 1.00 bits per heavy atom. The predicted molar refractivity (Wildman–Crippen MR) is 97.2 cm³/mol. The molecule has 1 aromatic carbocycles. The molecule has 2 aromatic rings. The molecule has 1 amide bonds. The SMILES string of the molecule is O=C(c1ccc(S(=O)(=O)N2CCCC2)cc1)N1CCc2sccc2C1. The lowest BCUT2D eigenvalue weighted by Crippen LogP contribution is -2.35. The molecule has 1 saturated heterocycles. The van der Waals surface area contributed by atoms with E-state index in [0.717, 1.165) is 19.3 Å². The standard InChI is InChI=1S/C18H20N2O3S2/c21-18(19-11-7-17-15(13-19)8-12-24-17)14-3-5-16(6-4-14)25(22,23)20-9-1-2-10-20/h3-6,8,12H,1-2,7,9-11,13H2. The largest absolute Gasteiger partial charge is 0.334 e. The summed E-state index contributed by atoms with van der Waals surface area (Å²) in [6.07, 6.45) is 2.71. The number of rotatable bonds is 3. The fraction of sp³-hybridized carbons (Fsp3) is 0.389. The zero-order valence-electron chi connectivity index (χ0n) is 13.8. The van der Waals surface area contributed by atoms with E-state index in [2.05, 4.69) is 11.4 Å². The van der Waals surface area contributed by atoms with Crippen molar-refractivity contribution in [3.63, 3.8) is 0 Å². The van der Waals surface area contributed by atoms with Crippen molar-refractivity contribution in [1.29, 1.82) is 0 Å². The Labute approximate surface area is 151 Å². The van der Waals surface area contributed by atoms with Crippen molar-refractivity contribution in [2.75, 3.05) is 19.6 Å². The third kappa shape index (κ3) is 3.12. The fourth-order valence-electron chi connectivity index (χ4n) is 3.45. The molecule has 0 N–H and O–H groups in total. The summed E-state index contributed by atoms with van der Waals surface area (Å²) in [4.78, 5) is 16.2. The molecule has 2 aliphatic heterocycles. The van der Waals surface area contributed by atoms with Gasteiger partial charge in [0.2, 0.25) is 10.0 Å². The molecule has 7 heteroatoms. The number of sulfonamides is 1. The van der Waals surface area contributed by atoms with Gasteiger partial charge in [-0.25, -0.2) is 8.42 Å². The van der Waals surface area contributed by atoms with Gasteiger partial charge in [0.25, 0.3) is 5.91 Å². The summed E-state index contributed by atoms with van der Waals surface area (Å²) < 4.78 is 26.6. The molecular formula is C18H20N2O3S2. The molecule has 5 nitrogen and oxygen atoms in total. The van der Waals surface area contributed by atoms with Gasteiger partial charge in [-0.2, -0.15) is 4.31 Å². The number of fused-ring (bicyclic) bond motifs is 1. The number of nitrogens with zero attached hydrogens (tertiary/aromatic N) is 2.